The van der Waals surface area contributed by atoms with Gasteiger partial charge in [0.15, 0.2) is 0 Å². The normalized spacial score (nSPS) is 10.7. The van der Waals surface area contributed by atoms with Crippen molar-refractivity contribution < 1.29 is 4.79 Å². The number of hydrogen-bond donors (Lipinski definition) is 1. The predicted molar refractivity (Wildman–Crippen MR) is 100 cm³/mol. The fraction of sp³-hybridized carbons (Fsp3) is 0.105. The van der Waals surface area contributed by atoms with Crippen LogP contribution >= 0.6 is 0 Å². The highest BCUT2D eigenvalue weighted by molar-refractivity contribution is 6.04. The van der Waals surface area contributed by atoms with Gasteiger partial charge >= 0.3 is 0 Å². The molecule has 0 saturated heterocycles. The Balaban J connectivity index is 1.52. The molecule has 27 heavy (non-hydrogen) atoms. The molecule has 134 valence electrons. The van der Waals surface area contributed by atoms with Crippen LogP contribution in [0, 0.1) is 13.8 Å². The number of aryl methyl sites for hydroxylation is 2. The van der Waals surface area contributed by atoms with Crippen LogP contribution in [0.1, 0.15) is 21.7 Å². The summed E-state index contributed by atoms with van der Waals surface area (Å²) in [6, 6.07) is 11.0. The van der Waals surface area contributed by atoms with Gasteiger partial charge in [-0.1, -0.05) is 6.07 Å². The Kier molecular flexibility index (Phi) is 4.21. The number of aromatic nitrogens is 6. The zero-order chi connectivity index (χ0) is 18.8. The molecule has 1 aromatic carbocycles. The minimum absolute atomic E-state index is 0.244. The fourth-order valence-electron chi connectivity index (χ4n) is 2.74. The maximum Gasteiger partial charge on any atom is 0.255 e. The van der Waals surface area contributed by atoms with Crippen molar-refractivity contribution in [2.45, 2.75) is 13.8 Å². The van der Waals surface area contributed by atoms with Gasteiger partial charge in [0.1, 0.15) is 0 Å². The van der Waals surface area contributed by atoms with E-state index in [1.165, 1.54) is 0 Å². The van der Waals surface area contributed by atoms with Crippen LogP contribution in [0.3, 0.4) is 0 Å². The Hall–Kier alpha value is -3.81. The molecule has 0 aliphatic heterocycles. The molecule has 8 heteroatoms. The number of benzene rings is 1. The highest BCUT2D eigenvalue weighted by Gasteiger charge is 2.10. The van der Waals surface area contributed by atoms with Gasteiger partial charge < -0.3 is 5.32 Å². The smallest absolute Gasteiger partial charge is 0.255 e. The minimum atomic E-state index is -0.244. The molecule has 0 fully saturated rings. The largest absolute Gasteiger partial charge is 0.319 e. The average molecular weight is 359 g/mol. The molecule has 0 bridgehead atoms. The van der Waals surface area contributed by atoms with E-state index in [9.17, 15) is 4.79 Å². The van der Waals surface area contributed by atoms with Crippen molar-refractivity contribution in [2.75, 3.05) is 5.32 Å². The zero-order valence-electron chi connectivity index (χ0n) is 14.9. The van der Waals surface area contributed by atoms with Gasteiger partial charge in [-0.15, -0.1) is 0 Å². The van der Waals surface area contributed by atoms with Crippen molar-refractivity contribution in [3.05, 3.63) is 78.1 Å². The fourth-order valence-corrected chi connectivity index (χ4v) is 2.74. The number of carbonyl (C=O) groups excluding carboxylic acids is 1. The molecule has 0 radical (unpaired) electrons. The van der Waals surface area contributed by atoms with Crippen molar-refractivity contribution in [1.29, 1.82) is 0 Å². The number of nitrogens with zero attached hydrogens (tertiary/aromatic N) is 6. The van der Waals surface area contributed by atoms with Crippen molar-refractivity contribution in [2.24, 2.45) is 0 Å². The van der Waals surface area contributed by atoms with Crippen molar-refractivity contribution in [1.82, 2.24) is 29.5 Å². The lowest BCUT2D eigenvalue weighted by Crippen LogP contribution is -2.13. The van der Waals surface area contributed by atoms with Crippen molar-refractivity contribution in [3.63, 3.8) is 0 Å². The molecule has 0 aliphatic carbocycles. The third kappa shape index (κ3) is 3.45. The minimum Gasteiger partial charge on any atom is -0.319 e. The van der Waals surface area contributed by atoms with Gasteiger partial charge in [-0.3, -0.25) is 4.79 Å². The predicted octanol–water partition coefficient (Wildman–Crippen LogP) is 2.72. The van der Waals surface area contributed by atoms with E-state index in [2.05, 4.69) is 25.5 Å². The maximum atomic E-state index is 12.5. The second kappa shape index (κ2) is 6.83. The third-order valence-electron chi connectivity index (χ3n) is 3.97. The molecule has 0 saturated carbocycles. The topological polar surface area (TPSA) is 90.5 Å². The lowest BCUT2D eigenvalue weighted by Gasteiger charge is -2.08. The molecule has 0 spiro atoms. The first kappa shape index (κ1) is 16.6. The van der Waals surface area contributed by atoms with Crippen LogP contribution in [0.25, 0.3) is 11.6 Å². The van der Waals surface area contributed by atoms with E-state index in [0.29, 0.717) is 17.2 Å². The third-order valence-corrected chi connectivity index (χ3v) is 3.97. The van der Waals surface area contributed by atoms with Gasteiger partial charge in [-0.25, -0.2) is 19.3 Å². The van der Waals surface area contributed by atoms with Crippen molar-refractivity contribution >= 4 is 11.6 Å². The first-order valence-electron chi connectivity index (χ1n) is 8.37. The lowest BCUT2D eigenvalue weighted by atomic mass is 10.2. The van der Waals surface area contributed by atoms with E-state index in [-0.39, 0.29) is 5.91 Å². The van der Waals surface area contributed by atoms with E-state index in [0.717, 1.165) is 17.1 Å². The Morgan fingerprint density at radius 1 is 1.07 bits per heavy atom. The summed E-state index contributed by atoms with van der Waals surface area (Å²) in [6.07, 6.45) is 6.64. The number of nitrogens with one attached hydrogen (secondary N) is 1. The van der Waals surface area contributed by atoms with Crippen molar-refractivity contribution in [3.8, 4) is 11.6 Å². The van der Waals surface area contributed by atoms with Crippen LogP contribution in [-0.4, -0.2) is 35.4 Å². The van der Waals surface area contributed by atoms with Crippen LogP contribution in [0.4, 0.5) is 5.69 Å². The Labute approximate surface area is 155 Å². The molecule has 1 N–H and O–H groups in total. The summed E-state index contributed by atoms with van der Waals surface area (Å²) < 4.78 is 3.36. The van der Waals surface area contributed by atoms with Crippen LogP contribution in [0.2, 0.25) is 0 Å². The first-order valence-corrected chi connectivity index (χ1v) is 8.37. The molecule has 8 nitrogen and oxygen atoms in total. The second-order valence-corrected chi connectivity index (χ2v) is 6.07. The van der Waals surface area contributed by atoms with E-state index in [1.807, 2.05) is 44.3 Å². The summed E-state index contributed by atoms with van der Waals surface area (Å²) >= 11 is 0. The second-order valence-electron chi connectivity index (χ2n) is 6.07. The van der Waals surface area contributed by atoms with Gasteiger partial charge in [0.25, 0.3) is 11.9 Å². The number of amides is 1. The quantitative estimate of drug-likeness (QED) is 0.605. The van der Waals surface area contributed by atoms with Gasteiger partial charge in [-0.2, -0.15) is 10.2 Å². The standard InChI is InChI=1S/C19H17N7O/c1-13-9-14(2)26(24-13)19-20-11-16(12-21-19)23-18(27)15-5-3-6-17(10-15)25-8-4-7-22-25/h3-12H,1-2H3,(H,23,27). The lowest BCUT2D eigenvalue weighted by molar-refractivity contribution is 0.102. The molecular weight excluding hydrogens is 342 g/mol. The monoisotopic (exact) mass is 359 g/mol. The highest BCUT2D eigenvalue weighted by atomic mass is 16.1. The number of carbonyl (C=O) groups is 1. The average Bonchev–Trinajstić information content (AvgIpc) is 3.32. The van der Waals surface area contributed by atoms with Crippen LogP contribution in [-0.2, 0) is 0 Å². The molecule has 3 aromatic heterocycles. The molecule has 4 aromatic rings. The van der Waals surface area contributed by atoms with Gasteiger partial charge in [-0.05, 0) is 44.2 Å². The van der Waals surface area contributed by atoms with Crippen LogP contribution < -0.4 is 5.32 Å². The van der Waals surface area contributed by atoms with Crippen LogP contribution in [0.5, 0.6) is 0 Å². The number of hydrogen-bond acceptors (Lipinski definition) is 5. The van der Waals surface area contributed by atoms with E-state index < -0.39 is 0 Å². The molecule has 0 atom stereocenters. The number of anilines is 1. The van der Waals surface area contributed by atoms with Crippen LogP contribution in [0.15, 0.2) is 61.2 Å². The first-order chi connectivity index (χ1) is 13.1. The summed E-state index contributed by atoms with van der Waals surface area (Å²) in [7, 11) is 0. The summed E-state index contributed by atoms with van der Waals surface area (Å²) in [6.45, 7) is 3.85. The van der Waals surface area contributed by atoms with Gasteiger partial charge in [0.2, 0.25) is 0 Å². The van der Waals surface area contributed by atoms with Gasteiger partial charge in [0.05, 0.1) is 29.5 Å². The Morgan fingerprint density at radius 3 is 2.56 bits per heavy atom. The number of rotatable bonds is 4. The maximum absolute atomic E-state index is 12.5. The summed E-state index contributed by atoms with van der Waals surface area (Å²) in [5, 5.41) is 11.3. The highest BCUT2D eigenvalue weighted by Crippen LogP contribution is 2.13. The molecule has 0 unspecified atom stereocenters. The molecular formula is C19H17N7O. The summed E-state index contributed by atoms with van der Waals surface area (Å²) in [4.78, 5) is 21.1. The Morgan fingerprint density at radius 2 is 1.89 bits per heavy atom. The zero-order valence-corrected chi connectivity index (χ0v) is 14.9. The molecule has 1 amide bonds. The molecule has 4 rings (SSSR count). The van der Waals surface area contributed by atoms with E-state index >= 15 is 0 Å². The van der Waals surface area contributed by atoms with Gasteiger partial charge in [0, 0.05) is 23.7 Å². The Bertz CT molecular complexity index is 1080. The van der Waals surface area contributed by atoms with E-state index in [4.69, 9.17) is 0 Å². The summed E-state index contributed by atoms with van der Waals surface area (Å²) in [5.41, 5.74) is 3.68. The molecule has 3 heterocycles. The molecule has 0 aliphatic rings. The summed E-state index contributed by atoms with van der Waals surface area (Å²) in [5.74, 6) is 0.214. The van der Waals surface area contributed by atoms with E-state index in [1.54, 1.807) is 40.1 Å². The SMILES string of the molecule is Cc1cc(C)n(-c2ncc(NC(=O)c3cccc(-n4cccn4)c3)cn2)n1.